The van der Waals surface area contributed by atoms with Crippen LogP contribution in [0.15, 0.2) is 163 Å². The fourth-order valence-electron chi connectivity index (χ4n) is 7.09. The zero-order chi connectivity index (χ0) is 33.2. The number of nitrogens with zero attached hydrogens (tertiary/aromatic N) is 6. The molecular weight excluding hydrogens is 617 g/mol. The number of aromatic nitrogens is 6. The Morgan fingerprint density at radius 3 is 1.64 bits per heavy atom. The summed E-state index contributed by atoms with van der Waals surface area (Å²) in [5.74, 6) is 1.77. The van der Waals surface area contributed by atoms with Gasteiger partial charge in [0.25, 0.3) is 5.56 Å². The van der Waals surface area contributed by atoms with Gasteiger partial charge in [-0.05, 0) is 42.5 Å². The van der Waals surface area contributed by atoms with Crippen molar-refractivity contribution in [2.24, 2.45) is 0 Å². The summed E-state index contributed by atoms with van der Waals surface area (Å²) in [7, 11) is 0. The Labute approximate surface area is 285 Å². The maximum absolute atomic E-state index is 14.3. The molecule has 234 valence electrons. The van der Waals surface area contributed by atoms with Crippen molar-refractivity contribution >= 4 is 49.3 Å². The van der Waals surface area contributed by atoms with Crippen LogP contribution in [0.3, 0.4) is 0 Å². The summed E-state index contributed by atoms with van der Waals surface area (Å²) in [4.78, 5) is 34.4. The first-order chi connectivity index (χ1) is 24.7. The van der Waals surface area contributed by atoms with Gasteiger partial charge in [0.05, 0.1) is 27.5 Å². The van der Waals surface area contributed by atoms with E-state index in [9.17, 15) is 4.79 Å². The van der Waals surface area contributed by atoms with Crippen LogP contribution in [-0.4, -0.2) is 28.9 Å². The van der Waals surface area contributed by atoms with Gasteiger partial charge in [0, 0.05) is 38.5 Å². The smallest absolute Gasteiger partial charge is 0.263 e. The summed E-state index contributed by atoms with van der Waals surface area (Å²) in [6.45, 7) is 0. The minimum absolute atomic E-state index is 0.0644. The molecule has 0 aliphatic heterocycles. The molecule has 0 spiro atoms. The number of hydrogen-bond donors (Lipinski definition) is 0. The van der Waals surface area contributed by atoms with Gasteiger partial charge in [-0.3, -0.25) is 13.8 Å². The molecule has 0 saturated carbocycles. The highest BCUT2D eigenvalue weighted by Gasteiger charge is 2.22. The van der Waals surface area contributed by atoms with Crippen LogP contribution >= 0.6 is 0 Å². The van der Waals surface area contributed by atoms with E-state index in [-0.39, 0.29) is 5.56 Å². The van der Waals surface area contributed by atoms with Gasteiger partial charge in [-0.15, -0.1) is 0 Å². The number of hydrogen-bond acceptors (Lipinski definition) is 5. The molecule has 4 heterocycles. The molecule has 0 atom stereocenters. The molecule has 0 fully saturated rings. The van der Waals surface area contributed by atoms with Gasteiger partial charge in [-0.2, -0.15) is 0 Å². The second-order valence-corrected chi connectivity index (χ2v) is 12.3. The van der Waals surface area contributed by atoms with Crippen molar-refractivity contribution in [1.29, 1.82) is 0 Å². The van der Waals surface area contributed by atoms with E-state index in [4.69, 9.17) is 19.9 Å². The number of para-hydroxylation sites is 2. The van der Waals surface area contributed by atoms with Crippen LogP contribution in [-0.2, 0) is 0 Å². The topological polar surface area (TPSA) is 78.0 Å². The van der Waals surface area contributed by atoms with Crippen LogP contribution < -0.4 is 5.56 Å². The van der Waals surface area contributed by atoms with Crippen molar-refractivity contribution in [1.82, 2.24) is 28.9 Å². The zero-order valence-corrected chi connectivity index (χ0v) is 26.6. The van der Waals surface area contributed by atoms with Gasteiger partial charge in [-0.1, -0.05) is 115 Å². The molecule has 0 amide bonds. The monoisotopic (exact) mass is 642 g/mol. The normalized spacial score (nSPS) is 11.7. The number of rotatable bonds is 4. The standard InChI is InChI=1S/C43H26N6O/c50-43-32-21-11-10-20-31(32)37-38(48(43)30-18-8-3-9-19-30)33-22-12-13-23-35(33)49-36-25-24-29(26-34(36)44-42(37)49)41-46-39(27-14-4-1-5-15-27)45-40(47-41)28-16-6-2-7-17-28/h1-26H. The lowest BCUT2D eigenvalue weighted by Gasteiger charge is -2.17. The highest BCUT2D eigenvalue weighted by atomic mass is 16.1. The minimum atomic E-state index is -0.0644. The van der Waals surface area contributed by atoms with E-state index in [2.05, 4.69) is 34.7 Å². The Hall–Kier alpha value is -6.99. The molecule has 10 aromatic rings. The molecule has 50 heavy (non-hydrogen) atoms. The van der Waals surface area contributed by atoms with Crippen LogP contribution in [0.4, 0.5) is 0 Å². The van der Waals surface area contributed by atoms with E-state index in [1.54, 1.807) is 0 Å². The van der Waals surface area contributed by atoms with E-state index in [1.165, 1.54) is 0 Å². The quantitative estimate of drug-likeness (QED) is 0.179. The van der Waals surface area contributed by atoms with Crippen molar-refractivity contribution < 1.29 is 0 Å². The highest BCUT2D eigenvalue weighted by molar-refractivity contribution is 6.22. The Bertz CT molecular complexity index is 2930. The summed E-state index contributed by atoms with van der Waals surface area (Å²) in [5, 5.41) is 3.38. The average Bonchev–Trinajstić information content (AvgIpc) is 3.58. The van der Waals surface area contributed by atoms with Crippen molar-refractivity contribution in [3.05, 3.63) is 168 Å². The summed E-state index contributed by atoms with van der Waals surface area (Å²) >= 11 is 0. The van der Waals surface area contributed by atoms with Crippen molar-refractivity contribution in [2.75, 3.05) is 0 Å². The van der Waals surface area contributed by atoms with Crippen molar-refractivity contribution in [2.45, 2.75) is 0 Å². The average molecular weight is 643 g/mol. The molecule has 6 aromatic carbocycles. The van der Waals surface area contributed by atoms with E-state index < -0.39 is 0 Å². The first kappa shape index (κ1) is 28.1. The van der Waals surface area contributed by atoms with Crippen LogP contribution in [0, 0.1) is 0 Å². The first-order valence-corrected chi connectivity index (χ1v) is 16.5. The summed E-state index contributed by atoms with van der Waals surface area (Å²) in [5.41, 5.74) is 7.71. The lowest BCUT2D eigenvalue weighted by atomic mass is 10.0. The number of fused-ring (bicyclic) bond motifs is 10. The molecular formula is C43H26N6O. The SMILES string of the molecule is O=c1c2ccccc2c2c(c3ccccc3n3c4ccc(-c5nc(-c6ccccc6)nc(-c6ccccc6)n5)cc4nc23)n1-c1ccccc1. The van der Waals surface area contributed by atoms with Crippen LogP contribution in [0.25, 0.3) is 89.1 Å². The Balaban J connectivity index is 1.30. The molecule has 0 aliphatic rings. The number of pyridine rings is 2. The van der Waals surface area contributed by atoms with E-state index in [0.717, 1.165) is 66.3 Å². The van der Waals surface area contributed by atoms with Gasteiger partial charge in [0.1, 0.15) is 5.65 Å². The fraction of sp³-hybridized carbons (Fsp3) is 0. The maximum Gasteiger partial charge on any atom is 0.263 e. The second kappa shape index (κ2) is 11.0. The first-order valence-electron chi connectivity index (χ1n) is 16.5. The third-order valence-corrected chi connectivity index (χ3v) is 9.34. The van der Waals surface area contributed by atoms with E-state index in [1.807, 2.05) is 132 Å². The molecule has 0 N–H and O–H groups in total. The fourth-order valence-corrected chi connectivity index (χ4v) is 7.09. The zero-order valence-electron chi connectivity index (χ0n) is 26.6. The molecule has 10 rings (SSSR count). The second-order valence-electron chi connectivity index (χ2n) is 12.3. The predicted molar refractivity (Wildman–Crippen MR) is 201 cm³/mol. The summed E-state index contributed by atoms with van der Waals surface area (Å²) in [6, 6.07) is 52.0. The lowest BCUT2D eigenvalue weighted by molar-refractivity contribution is 1.06. The van der Waals surface area contributed by atoms with Gasteiger partial charge in [-0.25, -0.2) is 19.9 Å². The van der Waals surface area contributed by atoms with Gasteiger partial charge >= 0.3 is 0 Å². The Morgan fingerprint density at radius 2 is 0.980 bits per heavy atom. The van der Waals surface area contributed by atoms with Gasteiger partial charge in [0.2, 0.25) is 0 Å². The molecule has 7 nitrogen and oxygen atoms in total. The van der Waals surface area contributed by atoms with Crippen LogP contribution in [0.1, 0.15) is 0 Å². The summed E-state index contributed by atoms with van der Waals surface area (Å²) < 4.78 is 4.05. The Kier molecular flexibility index (Phi) is 6.19. The third-order valence-electron chi connectivity index (χ3n) is 9.34. The molecule has 0 saturated heterocycles. The Morgan fingerprint density at radius 1 is 0.440 bits per heavy atom. The molecule has 0 bridgehead atoms. The van der Waals surface area contributed by atoms with Gasteiger partial charge in [0.15, 0.2) is 17.5 Å². The third kappa shape index (κ3) is 4.27. The molecule has 0 aliphatic carbocycles. The molecule has 7 heteroatoms. The van der Waals surface area contributed by atoms with Crippen LogP contribution in [0.2, 0.25) is 0 Å². The van der Waals surface area contributed by atoms with E-state index in [0.29, 0.717) is 22.9 Å². The molecule has 4 aromatic heterocycles. The minimum Gasteiger partial charge on any atom is -0.292 e. The van der Waals surface area contributed by atoms with Crippen LogP contribution in [0.5, 0.6) is 0 Å². The maximum atomic E-state index is 14.3. The summed E-state index contributed by atoms with van der Waals surface area (Å²) in [6.07, 6.45) is 0. The molecule has 0 radical (unpaired) electrons. The van der Waals surface area contributed by atoms with Gasteiger partial charge < -0.3 is 0 Å². The lowest BCUT2D eigenvalue weighted by Crippen LogP contribution is -2.20. The number of benzene rings is 6. The van der Waals surface area contributed by atoms with Crippen molar-refractivity contribution in [3.8, 4) is 39.9 Å². The largest absolute Gasteiger partial charge is 0.292 e. The molecule has 0 unspecified atom stereocenters. The highest BCUT2D eigenvalue weighted by Crippen LogP contribution is 2.37. The van der Waals surface area contributed by atoms with E-state index >= 15 is 0 Å². The van der Waals surface area contributed by atoms with Crippen molar-refractivity contribution in [3.63, 3.8) is 0 Å². The predicted octanol–water partition coefficient (Wildman–Crippen LogP) is 9.28. The number of imidazole rings is 1.